The largest absolute Gasteiger partial charge is 0.354 e. The van der Waals surface area contributed by atoms with Crippen molar-refractivity contribution in [2.45, 2.75) is 30.0 Å². The average molecular weight is 289 g/mol. The molecule has 0 saturated heterocycles. The lowest BCUT2D eigenvalue weighted by Gasteiger charge is -2.15. The standard InChI is InChI=1S/C13H20N2OS.ClH/c1-10(14-3)9-15-13(16)11(2)17-12-7-5-4-6-8-12;/h4-8,10-11,14H,9H2,1-3H3,(H,15,16);1H. The van der Waals surface area contributed by atoms with E-state index in [9.17, 15) is 4.79 Å². The van der Waals surface area contributed by atoms with Crippen LogP contribution in [-0.2, 0) is 4.79 Å². The number of thioether (sulfide) groups is 1. The molecule has 1 aromatic rings. The van der Waals surface area contributed by atoms with E-state index in [-0.39, 0.29) is 23.6 Å². The van der Waals surface area contributed by atoms with Crippen molar-refractivity contribution < 1.29 is 4.79 Å². The number of amides is 1. The summed E-state index contributed by atoms with van der Waals surface area (Å²) in [4.78, 5) is 12.9. The van der Waals surface area contributed by atoms with Crippen LogP contribution in [0, 0.1) is 0 Å². The summed E-state index contributed by atoms with van der Waals surface area (Å²) in [7, 11) is 1.89. The van der Waals surface area contributed by atoms with Crippen molar-refractivity contribution in [2.75, 3.05) is 13.6 Å². The molecule has 2 unspecified atom stereocenters. The zero-order valence-electron chi connectivity index (χ0n) is 11.0. The third kappa shape index (κ3) is 6.28. The van der Waals surface area contributed by atoms with E-state index >= 15 is 0 Å². The number of nitrogens with one attached hydrogen (secondary N) is 2. The van der Waals surface area contributed by atoms with Crippen molar-refractivity contribution in [3.63, 3.8) is 0 Å². The van der Waals surface area contributed by atoms with E-state index in [4.69, 9.17) is 0 Å². The van der Waals surface area contributed by atoms with Gasteiger partial charge in [0, 0.05) is 17.5 Å². The van der Waals surface area contributed by atoms with E-state index in [1.54, 1.807) is 11.8 Å². The van der Waals surface area contributed by atoms with E-state index in [0.717, 1.165) is 4.90 Å². The van der Waals surface area contributed by atoms with Gasteiger partial charge in [0.25, 0.3) is 0 Å². The van der Waals surface area contributed by atoms with Gasteiger partial charge in [-0.3, -0.25) is 4.79 Å². The Morgan fingerprint density at radius 1 is 1.28 bits per heavy atom. The van der Waals surface area contributed by atoms with Crippen molar-refractivity contribution in [3.05, 3.63) is 30.3 Å². The first-order chi connectivity index (χ1) is 8.13. The smallest absolute Gasteiger partial charge is 0.233 e. The average Bonchev–Trinajstić information content (AvgIpc) is 2.36. The molecule has 2 N–H and O–H groups in total. The maximum absolute atomic E-state index is 11.8. The first-order valence-electron chi connectivity index (χ1n) is 5.80. The van der Waals surface area contributed by atoms with Crippen LogP contribution in [0.15, 0.2) is 35.2 Å². The van der Waals surface area contributed by atoms with Gasteiger partial charge in [-0.25, -0.2) is 0 Å². The van der Waals surface area contributed by atoms with Crippen molar-refractivity contribution in [1.29, 1.82) is 0 Å². The van der Waals surface area contributed by atoms with Crippen molar-refractivity contribution in [3.8, 4) is 0 Å². The number of rotatable bonds is 6. The summed E-state index contributed by atoms with van der Waals surface area (Å²) in [5.41, 5.74) is 0. The van der Waals surface area contributed by atoms with E-state index in [0.29, 0.717) is 12.6 Å². The summed E-state index contributed by atoms with van der Waals surface area (Å²) in [6, 6.07) is 10.3. The Balaban J connectivity index is 0.00000289. The van der Waals surface area contributed by atoms with Gasteiger partial charge in [0.2, 0.25) is 5.91 Å². The molecule has 0 aliphatic heterocycles. The molecule has 0 spiro atoms. The van der Waals surface area contributed by atoms with Gasteiger partial charge in [0.15, 0.2) is 0 Å². The van der Waals surface area contributed by atoms with E-state index < -0.39 is 0 Å². The van der Waals surface area contributed by atoms with Crippen LogP contribution >= 0.6 is 24.2 Å². The van der Waals surface area contributed by atoms with Crippen LogP contribution in [0.3, 0.4) is 0 Å². The van der Waals surface area contributed by atoms with Gasteiger partial charge < -0.3 is 10.6 Å². The molecule has 0 aromatic heterocycles. The van der Waals surface area contributed by atoms with Crippen molar-refractivity contribution in [2.24, 2.45) is 0 Å². The van der Waals surface area contributed by atoms with Gasteiger partial charge in [-0.05, 0) is 33.0 Å². The Kier molecular flexibility index (Phi) is 8.89. The minimum Gasteiger partial charge on any atom is -0.354 e. The van der Waals surface area contributed by atoms with Crippen LogP contribution in [-0.4, -0.2) is 30.8 Å². The van der Waals surface area contributed by atoms with Crippen LogP contribution in [0.5, 0.6) is 0 Å². The summed E-state index contributed by atoms with van der Waals surface area (Å²) in [6.07, 6.45) is 0. The monoisotopic (exact) mass is 288 g/mol. The molecule has 3 nitrogen and oxygen atoms in total. The molecule has 0 bridgehead atoms. The molecular weight excluding hydrogens is 268 g/mol. The van der Waals surface area contributed by atoms with Gasteiger partial charge in [-0.1, -0.05) is 18.2 Å². The summed E-state index contributed by atoms with van der Waals surface area (Å²) >= 11 is 1.58. The number of likely N-dealkylation sites (N-methyl/N-ethyl adjacent to an activating group) is 1. The predicted octanol–water partition coefficient (Wildman–Crippen LogP) is 2.31. The van der Waals surface area contributed by atoms with Crippen LogP contribution in [0.4, 0.5) is 0 Å². The molecule has 0 radical (unpaired) electrons. The number of carbonyl (C=O) groups is 1. The van der Waals surface area contributed by atoms with Crippen LogP contribution in [0.2, 0.25) is 0 Å². The van der Waals surface area contributed by atoms with Gasteiger partial charge in [0.1, 0.15) is 0 Å². The lowest BCUT2D eigenvalue weighted by molar-refractivity contribution is -0.120. The molecule has 18 heavy (non-hydrogen) atoms. The molecule has 5 heteroatoms. The predicted molar refractivity (Wildman–Crippen MR) is 80.5 cm³/mol. The molecule has 2 atom stereocenters. The second kappa shape index (κ2) is 9.25. The van der Waals surface area contributed by atoms with Gasteiger partial charge in [-0.2, -0.15) is 0 Å². The highest BCUT2D eigenvalue weighted by Gasteiger charge is 2.14. The van der Waals surface area contributed by atoms with Gasteiger partial charge in [-0.15, -0.1) is 24.2 Å². The third-order valence-corrected chi connectivity index (χ3v) is 3.61. The quantitative estimate of drug-likeness (QED) is 0.790. The summed E-state index contributed by atoms with van der Waals surface area (Å²) in [5, 5.41) is 5.95. The molecule has 102 valence electrons. The Labute approximate surface area is 120 Å². The van der Waals surface area contributed by atoms with Crippen molar-refractivity contribution in [1.82, 2.24) is 10.6 Å². The van der Waals surface area contributed by atoms with E-state index in [1.807, 2.05) is 51.2 Å². The molecule has 1 rings (SSSR count). The Hall–Kier alpha value is -0.710. The Bertz CT molecular complexity index is 348. The molecule has 1 aromatic carbocycles. The number of hydrogen-bond donors (Lipinski definition) is 2. The van der Waals surface area contributed by atoms with Crippen molar-refractivity contribution >= 4 is 30.1 Å². The first-order valence-corrected chi connectivity index (χ1v) is 6.68. The molecule has 0 fully saturated rings. The molecule has 0 aliphatic rings. The Morgan fingerprint density at radius 2 is 1.89 bits per heavy atom. The third-order valence-electron chi connectivity index (χ3n) is 2.50. The maximum Gasteiger partial charge on any atom is 0.233 e. The zero-order valence-corrected chi connectivity index (χ0v) is 12.6. The lowest BCUT2D eigenvalue weighted by Crippen LogP contribution is -2.40. The highest BCUT2D eigenvalue weighted by Crippen LogP contribution is 2.22. The minimum atomic E-state index is -0.0681. The van der Waals surface area contributed by atoms with E-state index in [1.165, 1.54) is 0 Å². The summed E-state index contributed by atoms with van der Waals surface area (Å²) in [5.74, 6) is 0.0842. The SMILES string of the molecule is CNC(C)CNC(=O)C(C)Sc1ccccc1.Cl. The van der Waals surface area contributed by atoms with Crippen LogP contribution in [0.25, 0.3) is 0 Å². The van der Waals surface area contributed by atoms with Gasteiger partial charge >= 0.3 is 0 Å². The number of benzene rings is 1. The molecule has 0 saturated carbocycles. The van der Waals surface area contributed by atoms with Crippen LogP contribution < -0.4 is 10.6 Å². The molecule has 1 amide bonds. The topological polar surface area (TPSA) is 41.1 Å². The Morgan fingerprint density at radius 3 is 2.44 bits per heavy atom. The highest BCUT2D eigenvalue weighted by molar-refractivity contribution is 8.00. The fourth-order valence-corrected chi connectivity index (χ4v) is 2.17. The number of carbonyl (C=O) groups excluding carboxylic acids is 1. The maximum atomic E-state index is 11.8. The fourth-order valence-electron chi connectivity index (χ4n) is 1.26. The second-order valence-electron chi connectivity index (χ2n) is 4.01. The minimum absolute atomic E-state index is 0. The van der Waals surface area contributed by atoms with Gasteiger partial charge in [0.05, 0.1) is 5.25 Å². The second-order valence-corrected chi connectivity index (χ2v) is 5.42. The first kappa shape index (κ1) is 17.3. The lowest BCUT2D eigenvalue weighted by atomic mass is 10.3. The number of hydrogen-bond acceptors (Lipinski definition) is 3. The normalized spacial score (nSPS) is 13.3. The summed E-state index contributed by atoms with van der Waals surface area (Å²) in [6.45, 7) is 4.63. The zero-order chi connectivity index (χ0) is 12.7. The molecule has 0 heterocycles. The number of halogens is 1. The molecule has 0 aliphatic carbocycles. The van der Waals surface area contributed by atoms with Crippen LogP contribution in [0.1, 0.15) is 13.8 Å². The van der Waals surface area contributed by atoms with E-state index in [2.05, 4.69) is 10.6 Å². The fraction of sp³-hybridized carbons (Fsp3) is 0.462. The summed E-state index contributed by atoms with van der Waals surface area (Å²) < 4.78 is 0. The molecular formula is C13H21ClN2OS. The highest BCUT2D eigenvalue weighted by atomic mass is 35.5.